The first-order valence-corrected chi connectivity index (χ1v) is 9.81. The first-order chi connectivity index (χ1) is 13.0. The Morgan fingerprint density at radius 3 is 2.66 bits per heavy atom. The van der Waals surface area contributed by atoms with Crippen molar-refractivity contribution in [2.75, 3.05) is 12.3 Å². The summed E-state index contributed by atoms with van der Waals surface area (Å²) in [6.45, 7) is 2.76. The van der Waals surface area contributed by atoms with Gasteiger partial charge < -0.3 is 29.5 Å². The Kier molecular flexibility index (Phi) is 6.48. The number of fused-ring (bicyclic) bond motifs is 2. The standard InChI is InChI=1S/C13H17N5O8S2.K/c1-13(2)25-6-4(3-23-28(20,21)22)24-10(7(6)26-13)18-8-5(15-12(18)27)9(19)17-11(14)16-8;/h4,6-7,10H,3H2,1-2H3,(H,15,27)(H,20,21,22)(H3,14,16,17,19);/q;+1/p-1/t4-,6-,7-,10-;/m1./s1. The number of anilines is 1. The Bertz CT molecular complexity index is 1160. The Hall–Kier alpha value is -0.244. The number of aromatic nitrogens is 4. The van der Waals surface area contributed by atoms with Crippen molar-refractivity contribution in [3.05, 3.63) is 15.1 Å². The van der Waals surface area contributed by atoms with Crippen LogP contribution < -0.4 is 62.7 Å². The summed E-state index contributed by atoms with van der Waals surface area (Å²) >= 11 is 5.29. The smallest absolute Gasteiger partial charge is 0.726 e. The Labute approximate surface area is 211 Å². The molecule has 0 bridgehead atoms. The van der Waals surface area contributed by atoms with Crippen LogP contribution in [0.25, 0.3) is 11.2 Å². The molecular weight excluding hydrogens is 457 g/mol. The minimum atomic E-state index is -4.93. The summed E-state index contributed by atoms with van der Waals surface area (Å²) in [4.78, 5) is 21.3. The van der Waals surface area contributed by atoms with Crippen LogP contribution in [0.3, 0.4) is 0 Å². The summed E-state index contributed by atoms with van der Waals surface area (Å²) in [6.07, 6.45) is -3.39. The van der Waals surface area contributed by atoms with E-state index in [0.29, 0.717) is 0 Å². The molecule has 0 aliphatic carbocycles. The van der Waals surface area contributed by atoms with Crippen molar-refractivity contribution >= 4 is 39.7 Å². The average Bonchev–Trinajstić information content (AvgIpc) is 3.13. The molecule has 29 heavy (non-hydrogen) atoms. The molecule has 2 aliphatic heterocycles. The second-order valence-corrected chi connectivity index (χ2v) is 8.21. The van der Waals surface area contributed by atoms with Gasteiger partial charge in [0.05, 0.1) is 6.61 Å². The first kappa shape index (κ1) is 23.4. The summed E-state index contributed by atoms with van der Waals surface area (Å²) in [5.41, 5.74) is 5.31. The first-order valence-electron chi connectivity index (χ1n) is 8.06. The molecular formula is C13H16KN5O8S2. The van der Waals surface area contributed by atoms with Crippen LogP contribution in [-0.4, -0.2) is 63.2 Å². The number of rotatable bonds is 4. The van der Waals surface area contributed by atoms with E-state index in [2.05, 4.69) is 19.1 Å². The predicted molar refractivity (Wildman–Crippen MR) is 93.3 cm³/mol. The molecule has 16 heteroatoms. The largest absolute Gasteiger partial charge is 1.00 e. The van der Waals surface area contributed by atoms with Gasteiger partial charge in [0.1, 0.15) is 18.3 Å². The number of ether oxygens (including phenoxy) is 3. The molecule has 0 amide bonds. The molecule has 2 aromatic heterocycles. The van der Waals surface area contributed by atoms with Gasteiger partial charge in [0.2, 0.25) is 16.3 Å². The third-order valence-electron chi connectivity index (χ3n) is 4.35. The molecule has 0 unspecified atom stereocenters. The average molecular weight is 474 g/mol. The van der Waals surface area contributed by atoms with Gasteiger partial charge in [-0.1, -0.05) is 0 Å². The van der Waals surface area contributed by atoms with Gasteiger partial charge in [0.25, 0.3) is 5.56 Å². The van der Waals surface area contributed by atoms with Crippen LogP contribution in [0.5, 0.6) is 0 Å². The van der Waals surface area contributed by atoms with Crippen LogP contribution in [0, 0.1) is 4.77 Å². The second-order valence-electron chi connectivity index (χ2n) is 6.77. The molecule has 2 saturated heterocycles. The number of hydrogen-bond donors (Lipinski definition) is 3. The number of hydrogen-bond acceptors (Lipinski definition) is 11. The predicted octanol–water partition coefficient (Wildman–Crippen LogP) is -3.74. The van der Waals surface area contributed by atoms with E-state index in [1.165, 1.54) is 4.57 Å². The van der Waals surface area contributed by atoms with E-state index in [1.807, 2.05) is 0 Å². The van der Waals surface area contributed by atoms with Gasteiger partial charge in [0, 0.05) is 0 Å². The number of aromatic amines is 2. The monoisotopic (exact) mass is 473 g/mol. The van der Waals surface area contributed by atoms with Gasteiger partial charge in [-0.2, -0.15) is 4.98 Å². The molecule has 2 aliphatic rings. The zero-order chi connectivity index (χ0) is 20.4. The summed E-state index contributed by atoms with van der Waals surface area (Å²) in [6, 6.07) is 0. The molecule has 4 heterocycles. The van der Waals surface area contributed by atoms with E-state index in [9.17, 15) is 17.8 Å². The van der Waals surface area contributed by atoms with Crippen LogP contribution in [-0.2, 0) is 28.8 Å². The Balaban J connectivity index is 0.00000240. The van der Waals surface area contributed by atoms with Crippen LogP contribution in [0.4, 0.5) is 5.95 Å². The summed E-state index contributed by atoms with van der Waals surface area (Å²) in [5.74, 6) is -1.14. The number of nitrogens with zero attached hydrogens (tertiary/aromatic N) is 2. The topological polar surface area (TPSA) is 187 Å². The summed E-state index contributed by atoms with van der Waals surface area (Å²) in [7, 11) is -4.93. The maximum Gasteiger partial charge on any atom is 1.00 e. The summed E-state index contributed by atoms with van der Waals surface area (Å²) in [5, 5.41) is 0. The summed E-state index contributed by atoms with van der Waals surface area (Å²) < 4.78 is 55.8. The van der Waals surface area contributed by atoms with Gasteiger partial charge in [-0.25, -0.2) is 8.42 Å². The van der Waals surface area contributed by atoms with Crippen molar-refractivity contribution in [2.45, 2.75) is 44.2 Å². The third-order valence-corrected chi connectivity index (χ3v) is 5.08. The molecule has 0 radical (unpaired) electrons. The molecule has 154 valence electrons. The Morgan fingerprint density at radius 2 is 2.00 bits per heavy atom. The van der Waals surface area contributed by atoms with Crippen LogP contribution >= 0.6 is 12.2 Å². The fourth-order valence-corrected chi connectivity index (χ4v) is 4.01. The van der Waals surface area contributed by atoms with Gasteiger partial charge in [-0.15, -0.1) is 0 Å². The molecule has 13 nitrogen and oxygen atoms in total. The van der Waals surface area contributed by atoms with Crippen molar-refractivity contribution in [2.24, 2.45) is 0 Å². The molecule has 0 aromatic carbocycles. The number of nitrogens with one attached hydrogen (secondary N) is 2. The zero-order valence-electron chi connectivity index (χ0n) is 15.6. The number of H-pyrrole nitrogens is 2. The number of imidazole rings is 1. The maximum atomic E-state index is 12.1. The van der Waals surface area contributed by atoms with E-state index in [1.54, 1.807) is 13.8 Å². The second kappa shape index (κ2) is 8.03. The Morgan fingerprint density at radius 1 is 1.34 bits per heavy atom. The van der Waals surface area contributed by atoms with Gasteiger partial charge in [0.15, 0.2) is 27.9 Å². The van der Waals surface area contributed by atoms with E-state index < -0.39 is 52.9 Å². The van der Waals surface area contributed by atoms with Crippen molar-refractivity contribution in [3.8, 4) is 0 Å². The normalized spacial score (nSPS) is 28.4. The maximum absolute atomic E-state index is 12.1. The fraction of sp³-hybridized carbons (Fsp3) is 0.615. The van der Waals surface area contributed by atoms with Crippen molar-refractivity contribution < 1.29 is 82.7 Å². The molecule has 4 atom stereocenters. The zero-order valence-corrected chi connectivity index (χ0v) is 20.3. The quantitative estimate of drug-likeness (QED) is 0.171. The minimum absolute atomic E-state index is 0. The molecule has 4 rings (SSSR count). The minimum Gasteiger partial charge on any atom is -0.726 e. The van der Waals surface area contributed by atoms with E-state index >= 15 is 0 Å². The van der Waals surface area contributed by atoms with Crippen molar-refractivity contribution in [1.82, 2.24) is 19.5 Å². The van der Waals surface area contributed by atoms with Crippen LogP contribution in [0.1, 0.15) is 20.1 Å². The molecule has 2 fully saturated rings. The molecule has 0 saturated carbocycles. The molecule has 2 aromatic rings. The van der Waals surface area contributed by atoms with Crippen LogP contribution in [0.15, 0.2) is 4.79 Å². The van der Waals surface area contributed by atoms with Gasteiger partial charge in [-0.3, -0.25) is 18.5 Å². The van der Waals surface area contributed by atoms with E-state index in [-0.39, 0.29) is 73.3 Å². The van der Waals surface area contributed by atoms with E-state index in [0.717, 1.165) is 0 Å². The SMILES string of the molecule is CC1(C)O[C@@H]2[C@H](O1)[C@@H](COS(=O)(=O)[O-])O[C@H]2n1c(=S)[nH]c2c(=O)[nH]c(N)nc21.[K+]. The van der Waals surface area contributed by atoms with Crippen LogP contribution in [0.2, 0.25) is 0 Å². The number of nitrogens with two attached hydrogens (primary N) is 1. The van der Waals surface area contributed by atoms with E-state index in [4.69, 9.17) is 32.2 Å². The van der Waals surface area contributed by atoms with Crippen molar-refractivity contribution in [3.63, 3.8) is 0 Å². The van der Waals surface area contributed by atoms with Crippen molar-refractivity contribution in [1.29, 1.82) is 0 Å². The van der Waals surface area contributed by atoms with Gasteiger partial charge >= 0.3 is 51.4 Å². The van der Waals surface area contributed by atoms with Gasteiger partial charge in [-0.05, 0) is 26.1 Å². The molecule has 0 spiro atoms. The fourth-order valence-electron chi connectivity index (χ4n) is 3.42. The molecule has 4 N–H and O–H groups in total. The number of nitrogen functional groups attached to an aromatic ring is 1. The third kappa shape index (κ3) is 4.53.